The SMILES string of the molecule is CC(C)CCCC(C)NC1C(C)(C)[C@H]2CC[C@]1(C)C2. The Balaban J connectivity index is 1.88. The van der Waals surface area contributed by atoms with E-state index in [0.29, 0.717) is 16.9 Å². The maximum Gasteiger partial charge on any atom is 0.0177 e. The van der Waals surface area contributed by atoms with E-state index in [1.54, 1.807) is 0 Å². The second kappa shape index (κ2) is 5.39. The monoisotopic (exact) mass is 265 g/mol. The highest BCUT2D eigenvalue weighted by Crippen LogP contribution is 2.62. The Morgan fingerprint density at radius 3 is 2.32 bits per heavy atom. The standard InChI is InChI=1S/C18H35N/c1-13(2)8-7-9-14(3)19-16-17(4,5)15-10-11-18(16,6)12-15/h13-16,19H,7-12H2,1-6H3/t14?,15-,16?,18+/m0/s1. The van der Waals surface area contributed by atoms with Crippen molar-refractivity contribution in [3.8, 4) is 0 Å². The minimum Gasteiger partial charge on any atom is -0.310 e. The van der Waals surface area contributed by atoms with Crippen molar-refractivity contribution in [2.24, 2.45) is 22.7 Å². The number of nitrogens with one attached hydrogen (secondary N) is 1. The third-order valence-corrected chi connectivity index (χ3v) is 6.14. The summed E-state index contributed by atoms with van der Waals surface area (Å²) in [7, 11) is 0. The second-order valence-corrected chi connectivity index (χ2v) is 8.74. The Bertz CT molecular complexity index is 302. The highest BCUT2D eigenvalue weighted by Gasteiger charge is 2.59. The van der Waals surface area contributed by atoms with Crippen LogP contribution in [0.2, 0.25) is 0 Å². The molecule has 4 atom stereocenters. The fourth-order valence-electron chi connectivity index (χ4n) is 4.92. The molecule has 1 heteroatoms. The van der Waals surface area contributed by atoms with E-state index in [-0.39, 0.29) is 0 Å². The number of hydrogen-bond acceptors (Lipinski definition) is 1. The Morgan fingerprint density at radius 1 is 1.11 bits per heavy atom. The molecule has 0 spiro atoms. The summed E-state index contributed by atoms with van der Waals surface area (Å²) >= 11 is 0. The van der Waals surface area contributed by atoms with Crippen LogP contribution in [0.25, 0.3) is 0 Å². The molecule has 0 aromatic carbocycles. The van der Waals surface area contributed by atoms with Gasteiger partial charge in [-0.15, -0.1) is 0 Å². The maximum absolute atomic E-state index is 4.01. The quantitative estimate of drug-likeness (QED) is 0.712. The summed E-state index contributed by atoms with van der Waals surface area (Å²) in [4.78, 5) is 0. The van der Waals surface area contributed by atoms with Gasteiger partial charge in [-0.25, -0.2) is 0 Å². The fourth-order valence-corrected chi connectivity index (χ4v) is 4.92. The zero-order chi connectivity index (χ0) is 14.3. The van der Waals surface area contributed by atoms with Crippen LogP contribution in [0, 0.1) is 22.7 Å². The molecule has 0 amide bonds. The molecule has 0 aromatic rings. The predicted octanol–water partition coefficient (Wildman–Crippen LogP) is 5.01. The number of rotatable bonds is 6. The molecular weight excluding hydrogens is 230 g/mol. The van der Waals surface area contributed by atoms with Crippen LogP contribution in [0.5, 0.6) is 0 Å². The molecule has 2 fully saturated rings. The minimum atomic E-state index is 0.499. The van der Waals surface area contributed by atoms with Crippen LogP contribution in [0.3, 0.4) is 0 Å². The van der Waals surface area contributed by atoms with Gasteiger partial charge in [-0.2, -0.15) is 0 Å². The minimum absolute atomic E-state index is 0.499. The molecule has 112 valence electrons. The fraction of sp³-hybridized carbons (Fsp3) is 1.00. The molecule has 2 unspecified atom stereocenters. The van der Waals surface area contributed by atoms with Crippen LogP contribution in [0.15, 0.2) is 0 Å². The third-order valence-electron chi connectivity index (χ3n) is 6.14. The smallest absolute Gasteiger partial charge is 0.0177 e. The first-order valence-corrected chi connectivity index (χ1v) is 8.52. The third kappa shape index (κ3) is 3.01. The van der Waals surface area contributed by atoms with Gasteiger partial charge in [0.25, 0.3) is 0 Å². The zero-order valence-corrected chi connectivity index (χ0v) is 14.1. The summed E-state index contributed by atoms with van der Waals surface area (Å²) in [6.45, 7) is 14.6. The molecule has 2 rings (SSSR count). The van der Waals surface area contributed by atoms with E-state index in [4.69, 9.17) is 0 Å². The molecule has 2 saturated carbocycles. The molecule has 0 saturated heterocycles. The highest BCUT2D eigenvalue weighted by atomic mass is 15.0. The van der Waals surface area contributed by atoms with Gasteiger partial charge in [-0.3, -0.25) is 0 Å². The van der Waals surface area contributed by atoms with Crippen molar-refractivity contribution in [2.75, 3.05) is 0 Å². The average molecular weight is 265 g/mol. The predicted molar refractivity (Wildman–Crippen MR) is 84.3 cm³/mol. The van der Waals surface area contributed by atoms with Gasteiger partial charge in [0.15, 0.2) is 0 Å². The van der Waals surface area contributed by atoms with Crippen molar-refractivity contribution in [1.29, 1.82) is 0 Å². The van der Waals surface area contributed by atoms with Gasteiger partial charge in [0.1, 0.15) is 0 Å². The molecule has 0 radical (unpaired) electrons. The molecule has 1 N–H and O–H groups in total. The first-order valence-electron chi connectivity index (χ1n) is 8.52. The van der Waals surface area contributed by atoms with Crippen molar-refractivity contribution < 1.29 is 0 Å². The molecule has 0 aliphatic heterocycles. The summed E-state index contributed by atoms with van der Waals surface area (Å²) in [5.41, 5.74) is 1.07. The Morgan fingerprint density at radius 2 is 1.79 bits per heavy atom. The van der Waals surface area contributed by atoms with E-state index < -0.39 is 0 Å². The van der Waals surface area contributed by atoms with Crippen molar-refractivity contribution in [1.82, 2.24) is 5.32 Å². The lowest BCUT2D eigenvalue weighted by Gasteiger charge is -2.44. The van der Waals surface area contributed by atoms with Crippen LogP contribution in [0.4, 0.5) is 0 Å². The summed E-state index contributed by atoms with van der Waals surface area (Å²) in [5, 5.41) is 4.01. The lowest BCUT2D eigenvalue weighted by Crippen LogP contribution is -2.53. The first kappa shape index (κ1) is 15.4. The second-order valence-electron chi connectivity index (χ2n) is 8.74. The van der Waals surface area contributed by atoms with Crippen LogP contribution in [-0.2, 0) is 0 Å². The van der Waals surface area contributed by atoms with Crippen LogP contribution >= 0.6 is 0 Å². The van der Waals surface area contributed by atoms with Crippen molar-refractivity contribution in [3.05, 3.63) is 0 Å². The van der Waals surface area contributed by atoms with E-state index >= 15 is 0 Å². The van der Waals surface area contributed by atoms with E-state index in [0.717, 1.165) is 17.9 Å². The number of fused-ring (bicyclic) bond motifs is 2. The topological polar surface area (TPSA) is 12.0 Å². The molecule has 2 bridgehead atoms. The largest absolute Gasteiger partial charge is 0.310 e. The normalized spacial score (nSPS) is 38.1. The Labute approximate surface area is 120 Å². The molecule has 0 aromatic heterocycles. The summed E-state index contributed by atoms with van der Waals surface area (Å²) in [6, 6.07) is 1.41. The van der Waals surface area contributed by atoms with E-state index in [9.17, 15) is 0 Å². The van der Waals surface area contributed by atoms with E-state index in [1.165, 1.54) is 38.5 Å². The van der Waals surface area contributed by atoms with Gasteiger partial charge in [0, 0.05) is 12.1 Å². The van der Waals surface area contributed by atoms with Crippen LogP contribution in [0.1, 0.15) is 80.1 Å². The van der Waals surface area contributed by atoms with Gasteiger partial charge in [-0.05, 0) is 55.3 Å². The van der Waals surface area contributed by atoms with Gasteiger partial charge < -0.3 is 5.32 Å². The number of hydrogen-bond donors (Lipinski definition) is 1. The Hall–Kier alpha value is -0.0400. The van der Waals surface area contributed by atoms with Crippen molar-refractivity contribution in [3.63, 3.8) is 0 Å². The first-order chi connectivity index (χ1) is 8.75. The van der Waals surface area contributed by atoms with Crippen LogP contribution < -0.4 is 5.32 Å². The lowest BCUT2D eigenvalue weighted by molar-refractivity contribution is 0.0987. The molecule has 0 heterocycles. The molecule has 2 aliphatic carbocycles. The van der Waals surface area contributed by atoms with Gasteiger partial charge >= 0.3 is 0 Å². The van der Waals surface area contributed by atoms with Gasteiger partial charge in [0.05, 0.1) is 0 Å². The summed E-state index contributed by atoms with van der Waals surface area (Å²) < 4.78 is 0. The molecule has 19 heavy (non-hydrogen) atoms. The van der Waals surface area contributed by atoms with E-state index in [1.807, 2.05) is 0 Å². The average Bonchev–Trinajstić information content (AvgIpc) is 2.75. The maximum atomic E-state index is 4.01. The molecular formula is C18H35N. The Kier molecular flexibility index (Phi) is 4.35. The molecule has 1 nitrogen and oxygen atoms in total. The highest BCUT2D eigenvalue weighted by molar-refractivity contribution is 5.12. The molecule has 2 aliphatic rings. The van der Waals surface area contributed by atoms with E-state index in [2.05, 4.69) is 46.9 Å². The lowest BCUT2D eigenvalue weighted by atomic mass is 9.68. The summed E-state index contributed by atoms with van der Waals surface area (Å²) in [5.74, 6) is 1.81. The zero-order valence-electron chi connectivity index (χ0n) is 14.1. The van der Waals surface area contributed by atoms with Crippen molar-refractivity contribution >= 4 is 0 Å². The van der Waals surface area contributed by atoms with Gasteiger partial charge in [-0.1, -0.05) is 47.5 Å². The van der Waals surface area contributed by atoms with Crippen LogP contribution in [-0.4, -0.2) is 12.1 Å². The van der Waals surface area contributed by atoms with Crippen molar-refractivity contribution in [2.45, 2.75) is 92.2 Å². The van der Waals surface area contributed by atoms with Gasteiger partial charge in [0.2, 0.25) is 0 Å². The summed E-state index contributed by atoms with van der Waals surface area (Å²) in [6.07, 6.45) is 8.45.